The summed E-state index contributed by atoms with van der Waals surface area (Å²) in [6.45, 7) is 5.42. The SMILES string of the molecule is CCNCC#Cc1cc(C)ccc1F. The van der Waals surface area contributed by atoms with Crippen molar-refractivity contribution in [2.45, 2.75) is 13.8 Å². The van der Waals surface area contributed by atoms with Crippen LogP contribution in [0.1, 0.15) is 18.1 Å². The molecule has 0 atom stereocenters. The van der Waals surface area contributed by atoms with Crippen LogP contribution >= 0.6 is 0 Å². The monoisotopic (exact) mass is 191 g/mol. The standard InChI is InChI=1S/C12H14FN/c1-3-14-8-4-5-11-9-10(2)6-7-12(11)13/h6-7,9,14H,3,8H2,1-2H3. The van der Waals surface area contributed by atoms with Gasteiger partial charge in [-0.05, 0) is 31.2 Å². The number of nitrogens with one attached hydrogen (secondary N) is 1. The van der Waals surface area contributed by atoms with Crippen LogP contribution in [0.15, 0.2) is 18.2 Å². The fourth-order valence-electron chi connectivity index (χ4n) is 1.06. The molecule has 0 saturated carbocycles. The van der Waals surface area contributed by atoms with Crippen LogP contribution < -0.4 is 5.32 Å². The van der Waals surface area contributed by atoms with E-state index in [1.165, 1.54) is 6.07 Å². The predicted octanol–water partition coefficient (Wildman–Crippen LogP) is 2.10. The van der Waals surface area contributed by atoms with E-state index in [1.54, 1.807) is 12.1 Å². The van der Waals surface area contributed by atoms with E-state index in [9.17, 15) is 4.39 Å². The smallest absolute Gasteiger partial charge is 0.138 e. The second kappa shape index (κ2) is 5.41. The van der Waals surface area contributed by atoms with Crippen LogP contribution in [0.3, 0.4) is 0 Å². The van der Waals surface area contributed by atoms with Crippen LogP contribution in [0, 0.1) is 24.6 Å². The maximum Gasteiger partial charge on any atom is 0.138 e. The van der Waals surface area contributed by atoms with Gasteiger partial charge in [-0.2, -0.15) is 0 Å². The molecule has 0 aromatic heterocycles. The molecule has 1 aromatic carbocycles. The molecule has 0 fully saturated rings. The Hall–Kier alpha value is -1.33. The lowest BCUT2D eigenvalue weighted by molar-refractivity contribution is 0.624. The van der Waals surface area contributed by atoms with E-state index in [2.05, 4.69) is 17.2 Å². The molecule has 1 N–H and O–H groups in total. The maximum absolute atomic E-state index is 13.2. The van der Waals surface area contributed by atoms with Crippen LogP contribution in [-0.4, -0.2) is 13.1 Å². The van der Waals surface area contributed by atoms with Crippen LogP contribution in [0.2, 0.25) is 0 Å². The summed E-state index contributed by atoms with van der Waals surface area (Å²) >= 11 is 0. The van der Waals surface area contributed by atoms with Gasteiger partial charge >= 0.3 is 0 Å². The van der Waals surface area contributed by atoms with Gasteiger partial charge in [-0.3, -0.25) is 0 Å². The molecule has 0 spiro atoms. The van der Waals surface area contributed by atoms with Crippen LogP contribution in [0.25, 0.3) is 0 Å². The molecule has 0 aliphatic carbocycles. The lowest BCUT2D eigenvalue weighted by Gasteiger charge is -1.96. The average molecular weight is 191 g/mol. The summed E-state index contributed by atoms with van der Waals surface area (Å²) in [5, 5.41) is 3.06. The zero-order chi connectivity index (χ0) is 10.4. The normalized spacial score (nSPS) is 9.36. The fourth-order valence-corrected chi connectivity index (χ4v) is 1.06. The molecule has 0 bridgehead atoms. The Labute approximate surface area is 84.3 Å². The first-order chi connectivity index (χ1) is 6.74. The number of aryl methyl sites for hydroxylation is 1. The summed E-state index contributed by atoms with van der Waals surface area (Å²) in [6, 6.07) is 4.95. The van der Waals surface area contributed by atoms with Gasteiger partial charge in [-0.15, -0.1) is 0 Å². The highest BCUT2D eigenvalue weighted by Gasteiger charge is 1.97. The second-order valence-corrected chi connectivity index (χ2v) is 3.07. The van der Waals surface area contributed by atoms with Crippen molar-refractivity contribution in [2.24, 2.45) is 0 Å². The van der Waals surface area contributed by atoms with Crippen molar-refractivity contribution in [1.29, 1.82) is 0 Å². The number of hydrogen-bond donors (Lipinski definition) is 1. The van der Waals surface area contributed by atoms with Crippen LogP contribution in [-0.2, 0) is 0 Å². The summed E-state index contributed by atoms with van der Waals surface area (Å²) in [6.07, 6.45) is 0. The highest BCUT2D eigenvalue weighted by molar-refractivity contribution is 5.38. The fraction of sp³-hybridized carbons (Fsp3) is 0.333. The van der Waals surface area contributed by atoms with Gasteiger partial charge in [0.25, 0.3) is 0 Å². The van der Waals surface area contributed by atoms with Gasteiger partial charge in [0.15, 0.2) is 0 Å². The van der Waals surface area contributed by atoms with Crippen molar-refractivity contribution in [3.05, 3.63) is 35.1 Å². The third-order valence-corrected chi connectivity index (χ3v) is 1.81. The molecule has 74 valence electrons. The van der Waals surface area contributed by atoms with Crippen LogP contribution in [0.5, 0.6) is 0 Å². The van der Waals surface area contributed by atoms with Gasteiger partial charge in [0.2, 0.25) is 0 Å². The minimum atomic E-state index is -0.250. The summed E-state index contributed by atoms with van der Waals surface area (Å²) in [5.74, 6) is 5.42. The molecular formula is C12H14FN. The first-order valence-corrected chi connectivity index (χ1v) is 4.69. The lowest BCUT2D eigenvalue weighted by atomic mass is 10.1. The van der Waals surface area contributed by atoms with E-state index in [4.69, 9.17) is 0 Å². The Morgan fingerprint density at radius 2 is 2.21 bits per heavy atom. The van der Waals surface area contributed by atoms with Crippen molar-refractivity contribution >= 4 is 0 Å². The van der Waals surface area contributed by atoms with Gasteiger partial charge in [0.1, 0.15) is 5.82 Å². The molecule has 0 unspecified atom stereocenters. The lowest BCUT2D eigenvalue weighted by Crippen LogP contribution is -2.11. The van der Waals surface area contributed by atoms with Gasteiger partial charge in [0.05, 0.1) is 12.1 Å². The van der Waals surface area contributed by atoms with Crippen molar-refractivity contribution < 1.29 is 4.39 Å². The molecule has 14 heavy (non-hydrogen) atoms. The largest absolute Gasteiger partial charge is 0.306 e. The molecule has 1 nitrogen and oxygen atoms in total. The van der Waals surface area contributed by atoms with E-state index >= 15 is 0 Å². The minimum absolute atomic E-state index is 0.250. The third kappa shape index (κ3) is 3.20. The number of rotatable bonds is 2. The Bertz CT molecular complexity index is 360. The van der Waals surface area contributed by atoms with Crippen LogP contribution in [0.4, 0.5) is 4.39 Å². The highest BCUT2D eigenvalue weighted by Crippen LogP contribution is 2.07. The number of benzene rings is 1. The van der Waals surface area contributed by atoms with E-state index < -0.39 is 0 Å². The quantitative estimate of drug-likeness (QED) is 0.557. The van der Waals surface area contributed by atoms with Gasteiger partial charge in [0, 0.05) is 0 Å². The molecule has 1 rings (SSSR count). The Morgan fingerprint density at radius 1 is 1.43 bits per heavy atom. The summed E-state index contributed by atoms with van der Waals surface area (Å²) in [7, 11) is 0. The van der Waals surface area contributed by atoms with Crippen molar-refractivity contribution in [3.8, 4) is 11.8 Å². The van der Waals surface area contributed by atoms with Gasteiger partial charge in [-0.25, -0.2) is 4.39 Å². The van der Waals surface area contributed by atoms with Crippen molar-refractivity contribution in [2.75, 3.05) is 13.1 Å². The van der Waals surface area contributed by atoms with E-state index in [-0.39, 0.29) is 5.82 Å². The molecular weight excluding hydrogens is 177 g/mol. The second-order valence-electron chi connectivity index (χ2n) is 3.07. The Kier molecular flexibility index (Phi) is 4.15. The molecule has 0 aliphatic heterocycles. The zero-order valence-electron chi connectivity index (χ0n) is 8.52. The molecule has 0 saturated heterocycles. The molecule has 2 heteroatoms. The maximum atomic E-state index is 13.2. The van der Waals surface area contributed by atoms with Gasteiger partial charge < -0.3 is 5.32 Å². The molecule has 1 aromatic rings. The van der Waals surface area contributed by atoms with E-state index in [0.29, 0.717) is 12.1 Å². The molecule has 0 heterocycles. The average Bonchev–Trinajstić information content (AvgIpc) is 2.18. The van der Waals surface area contributed by atoms with E-state index in [1.807, 2.05) is 13.8 Å². The van der Waals surface area contributed by atoms with E-state index in [0.717, 1.165) is 12.1 Å². The Morgan fingerprint density at radius 3 is 2.93 bits per heavy atom. The van der Waals surface area contributed by atoms with Gasteiger partial charge in [-0.1, -0.05) is 24.8 Å². The topological polar surface area (TPSA) is 12.0 Å². The summed E-state index contributed by atoms with van der Waals surface area (Å²) in [5.41, 5.74) is 1.50. The first-order valence-electron chi connectivity index (χ1n) is 4.69. The van der Waals surface area contributed by atoms with Crippen molar-refractivity contribution in [3.63, 3.8) is 0 Å². The first kappa shape index (κ1) is 10.7. The molecule has 0 amide bonds. The zero-order valence-corrected chi connectivity index (χ0v) is 8.52. The summed E-state index contributed by atoms with van der Waals surface area (Å²) in [4.78, 5) is 0. The minimum Gasteiger partial charge on any atom is -0.306 e. The number of hydrogen-bond acceptors (Lipinski definition) is 1. The predicted molar refractivity (Wildman–Crippen MR) is 56.6 cm³/mol. The highest BCUT2D eigenvalue weighted by atomic mass is 19.1. The third-order valence-electron chi connectivity index (χ3n) is 1.81. The molecule has 0 aliphatic rings. The molecule has 0 radical (unpaired) electrons. The number of halogens is 1. The summed E-state index contributed by atoms with van der Waals surface area (Å²) < 4.78 is 13.2. The van der Waals surface area contributed by atoms with Crippen molar-refractivity contribution in [1.82, 2.24) is 5.32 Å². The Balaban J connectivity index is 2.73.